The molecule has 0 fully saturated rings. The normalized spacial score (nSPS) is 11.4. The zero-order valence-electron chi connectivity index (χ0n) is 24.2. The molecule has 3 heteroatoms. The summed E-state index contributed by atoms with van der Waals surface area (Å²) in [4.78, 5) is 0. The first kappa shape index (κ1) is 33.3. The molecule has 0 saturated heterocycles. The van der Waals surface area contributed by atoms with Gasteiger partial charge in [0.25, 0.3) is 0 Å². The Labute approximate surface area is 233 Å². The van der Waals surface area contributed by atoms with Crippen LogP contribution in [0.1, 0.15) is 172 Å². The zero-order chi connectivity index (χ0) is 26.4. The molecule has 0 heterocycles. The monoisotopic (exact) mass is 566 g/mol. The summed E-state index contributed by atoms with van der Waals surface area (Å²) in [6.07, 6.45) is 29.9. The predicted octanol–water partition coefficient (Wildman–Crippen LogP) is 11.7. The van der Waals surface area contributed by atoms with Crippen LogP contribution >= 0.6 is 15.9 Å². The van der Waals surface area contributed by atoms with Gasteiger partial charge < -0.3 is 10.2 Å². The Hall–Kier alpha value is -0.700. The lowest BCUT2D eigenvalue weighted by Gasteiger charge is -2.20. The van der Waals surface area contributed by atoms with Crippen molar-refractivity contribution in [1.29, 1.82) is 0 Å². The van der Waals surface area contributed by atoms with Gasteiger partial charge in [0.2, 0.25) is 0 Å². The standard InChI is InChI=1S/C33H59BrO2/c1-4-7-10-13-16-19-22-25-28-29(26-23-20-17-14-11-8-5-2)31(34)33(36)32(35)30(28)27-24-21-18-15-12-9-6-3/h35-36H,4-27H2,1-3H3. The molecule has 0 unspecified atom stereocenters. The van der Waals surface area contributed by atoms with Gasteiger partial charge in [0, 0.05) is 5.56 Å². The Bertz CT molecular complexity index is 625. The van der Waals surface area contributed by atoms with Crippen LogP contribution < -0.4 is 0 Å². The summed E-state index contributed by atoms with van der Waals surface area (Å²) < 4.78 is 0.743. The molecule has 0 aromatic heterocycles. The lowest BCUT2D eigenvalue weighted by Crippen LogP contribution is -2.05. The van der Waals surface area contributed by atoms with E-state index in [1.54, 1.807) is 0 Å². The molecule has 1 aromatic rings. The molecular weight excluding hydrogens is 508 g/mol. The van der Waals surface area contributed by atoms with E-state index < -0.39 is 0 Å². The molecule has 0 aliphatic heterocycles. The maximum Gasteiger partial charge on any atom is 0.172 e. The van der Waals surface area contributed by atoms with Gasteiger partial charge in [-0.05, 0) is 65.6 Å². The van der Waals surface area contributed by atoms with E-state index >= 15 is 0 Å². The third kappa shape index (κ3) is 13.7. The molecule has 0 atom stereocenters. The minimum absolute atomic E-state index is 0.0641. The topological polar surface area (TPSA) is 40.5 Å². The van der Waals surface area contributed by atoms with E-state index in [1.165, 1.54) is 133 Å². The summed E-state index contributed by atoms with van der Waals surface area (Å²) in [7, 11) is 0. The summed E-state index contributed by atoms with van der Waals surface area (Å²) in [5, 5.41) is 21.8. The van der Waals surface area contributed by atoms with Crippen LogP contribution in [-0.2, 0) is 19.3 Å². The molecular formula is C33H59BrO2. The minimum atomic E-state index is 0.0641. The van der Waals surface area contributed by atoms with Crippen LogP contribution in [0.5, 0.6) is 11.5 Å². The third-order valence-corrected chi connectivity index (χ3v) is 8.66. The summed E-state index contributed by atoms with van der Waals surface area (Å²) in [6.45, 7) is 6.81. The van der Waals surface area contributed by atoms with Crippen LogP contribution in [0.3, 0.4) is 0 Å². The van der Waals surface area contributed by atoms with E-state index in [4.69, 9.17) is 0 Å². The first-order valence-corrected chi connectivity index (χ1v) is 16.6. The molecule has 0 aliphatic rings. The number of hydrogen-bond donors (Lipinski definition) is 2. The molecule has 0 saturated carbocycles. The molecule has 0 amide bonds. The predicted molar refractivity (Wildman–Crippen MR) is 163 cm³/mol. The van der Waals surface area contributed by atoms with E-state index in [0.717, 1.165) is 42.1 Å². The highest BCUT2D eigenvalue weighted by Gasteiger charge is 2.21. The Morgan fingerprint density at radius 1 is 0.389 bits per heavy atom. The fraction of sp³-hybridized carbons (Fsp3) is 0.818. The molecule has 36 heavy (non-hydrogen) atoms. The van der Waals surface area contributed by atoms with Crippen LogP contribution in [0, 0.1) is 0 Å². The highest BCUT2D eigenvalue weighted by Crippen LogP contribution is 2.44. The van der Waals surface area contributed by atoms with Gasteiger partial charge in [-0.2, -0.15) is 0 Å². The lowest BCUT2D eigenvalue weighted by atomic mass is 9.89. The number of rotatable bonds is 24. The summed E-state index contributed by atoms with van der Waals surface area (Å²) in [5.74, 6) is 0.198. The quantitative estimate of drug-likeness (QED) is 0.0963. The van der Waals surface area contributed by atoms with Gasteiger partial charge in [0.05, 0.1) is 4.47 Å². The second-order valence-electron chi connectivity index (χ2n) is 11.1. The van der Waals surface area contributed by atoms with Crippen molar-refractivity contribution in [2.45, 2.75) is 175 Å². The molecule has 0 aliphatic carbocycles. The first-order chi connectivity index (χ1) is 17.6. The van der Waals surface area contributed by atoms with Gasteiger partial charge in [-0.1, -0.05) is 136 Å². The summed E-state index contributed by atoms with van der Waals surface area (Å²) in [6, 6.07) is 0. The van der Waals surface area contributed by atoms with Crippen molar-refractivity contribution >= 4 is 15.9 Å². The van der Waals surface area contributed by atoms with Crippen LogP contribution in [-0.4, -0.2) is 10.2 Å². The fourth-order valence-corrected chi connectivity index (χ4v) is 6.08. The molecule has 210 valence electrons. The Morgan fingerprint density at radius 3 is 1.08 bits per heavy atom. The number of halogens is 1. The Balaban J connectivity index is 2.83. The average Bonchev–Trinajstić information content (AvgIpc) is 2.88. The summed E-state index contributed by atoms with van der Waals surface area (Å²) >= 11 is 3.68. The summed E-state index contributed by atoms with van der Waals surface area (Å²) in [5.41, 5.74) is 3.64. The van der Waals surface area contributed by atoms with Crippen LogP contribution in [0.15, 0.2) is 4.47 Å². The molecule has 1 aromatic carbocycles. The molecule has 0 radical (unpaired) electrons. The lowest BCUT2D eigenvalue weighted by molar-refractivity contribution is 0.394. The van der Waals surface area contributed by atoms with E-state index in [1.807, 2.05) is 0 Å². The largest absolute Gasteiger partial charge is 0.504 e. The fourth-order valence-electron chi connectivity index (χ4n) is 5.46. The minimum Gasteiger partial charge on any atom is -0.504 e. The van der Waals surface area contributed by atoms with E-state index in [2.05, 4.69) is 36.7 Å². The Morgan fingerprint density at radius 2 is 0.694 bits per heavy atom. The number of unbranched alkanes of at least 4 members (excludes halogenated alkanes) is 18. The van der Waals surface area contributed by atoms with Crippen molar-refractivity contribution in [1.82, 2.24) is 0 Å². The SMILES string of the molecule is CCCCCCCCCc1c(O)c(O)c(Br)c(CCCCCCCCC)c1CCCCCCCCC. The Kier molecular flexibility index (Phi) is 20.6. The van der Waals surface area contributed by atoms with Crippen molar-refractivity contribution in [3.05, 3.63) is 21.2 Å². The zero-order valence-corrected chi connectivity index (χ0v) is 25.8. The molecule has 2 N–H and O–H groups in total. The maximum atomic E-state index is 11.0. The van der Waals surface area contributed by atoms with Crippen molar-refractivity contribution < 1.29 is 10.2 Å². The molecule has 0 bridgehead atoms. The van der Waals surface area contributed by atoms with Crippen LogP contribution in [0.4, 0.5) is 0 Å². The van der Waals surface area contributed by atoms with Gasteiger partial charge >= 0.3 is 0 Å². The van der Waals surface area contributed by atoms with Gasteiger partial charge in [-0.3, -0.25) is 0 Å². The van der Waals surface area contributed by atoms with Crippen molar-refractivity contribution in [2.75, 3.05) is 0 Å². The van der Waals surface area contributed by atoms with E-state index in [9.17, 15) is 10.2 Å². The molecule has 1 rings (SSSR count). The second-order valence-corrected chi connectivity index (χ2v) is 11.9. The van der Waals surface area contributed by atoms with E-state index in [-0.39, 0.29) is 11.5 Å². The van der Waals surface area contributed by atoms with Crippen LogP contribution in [0.25, 0.3) is 0 Å². The van der Waals surface area contributed by atoms with E-state index in [0.29, 0.717) is 0 Å². The number of phenolic OH excluding ortho intramolecular Hbond substituents is 2. The van der Waals surface area contributed by atoms with Gasteiger partial charge in [-0.15, -0.1) is 0 Å². The van der Waals surface area contributed by atoms with Crippen molar-refractivity contribution in [3.63, 3.8) is 0 Å². The van der Waals surface area contributed by atoms with Crippen LogP contribution in [0.2, 0.25) is 0 Å². The van der Waals surface area contributed by atoms with Crippen molar-refractivity contribution in [2.24, 2.45) is 0 Å². The van der Waals surface area contributed by atoms with Gasteiger partial charge in [0.1, 0.15) is 0 Å². The smallest absolute Gasteiger partial charge is 0.172 e. The highest BCUT2D eigenvalue weighted by atomic mass is 79.9. The highest BCUT2D eigenvalue weighted by molar-refractivity contribution is 9.10. The van der Waals surface area contributed by atoms with Crippen molar-refractivity contribution in [3.8, 4) is 11.5 Å². The maximum absolute atomic E-state index is 11.0. The number of aromatic hydroxyl groups is 2. The molecule has 0 spiro atoms. The number of phenols is 2. The second kappa shape index (κ2) is 22.3. The number of hydrogen-bond acceptors (Lipinski definition) is 2. The average molecular weight is 568 g/mol. The first-order valence-electron chi connectivity index (χ1n) is 15.8. The molecule has 2 nitrogen and oxygen atoms in total. The third-order valence-electron chi connectivity index (χ3n) is 7.80. The number of benzene rings is 1. The van der Waals surface area contributed by atoms with Gasteiger partial charge in [0.15, 0.2) is 11.5 Å². The van der Waals surface area contributed by atoms with Gasteiger partial charge in [-0.25, -0.2) is 0 Å².